The van der Waals surface area contributed by atoms with E-state index >= 15 is 0 Å². The van der Waals surface area contributed by atoms with E-state index in [1.807, 2.05) is 146 Å². The van der Waals surface area contributed by atoms with Crippen LogP contribution in [0.1, 0.15) is 93.2 Å². The SMILES string of the molecule is C=CC(C)(C)COC(=O)N[C@H](C(=O)O)C(C)(C)C.C=Cc1cccc(-c2nc3ccccc3nc2O[C@@H]2C[C@@H](C(=O)OC)N(C(=O)[C@@H](NC(=O)OCC(C)(C)C=C)C(C)(C)C)C2)c1.C=Cc1cccc(-c2nc3ccccc3nc2O[C@H]2CN[C@H](C(=O)OC)C2)c1. The molecule has 21 heteroatoms. The van der Waals surface area contributed by atoms with E-state index in [9.17, 15) is 28.8 Å². The van der Waals surface area contributed by atoms with E-state index in [-0.39, 0.29) is 55.6 Å². The second-order valence-electron chi connectivity index (χ2n) is 25.6. The summed E-state index contributed by atoms with van der Waals surface area (Å²) in [4.78, 5) is 94.8. The molecule has 0 radical (unpaired) electrons. The fraction of sp³-hybridized carbons (Fsp3) is 0.400. The van der Waals surface area contributed by atoms with Crippen LogP contribution in [0.2, 0.25) is 0 Å². The van der Waals surface area contributed by atoms with Gasteiger partial charge in [-0.25, -0.2) is 39.1 Å². The molecule has 2 aromatic heterocycles. The number of hydrogen-bond acceptors (Lipinski definition) is 17. The summed E-state index contributed by atoms with van der Waals surface area (Å²) in [5, 5.41) is 17.3. The Morgan fingerprint density at radius 2 is 1.02 bits per heavy atom. The maximum Gasteiger partial charge on any atom is 0.407 e. The minimum absolute atomic E-state index is 0.0616. The van der Waals surface area contributed by atoms with Crippen molar-refractivity contribution < 1.29 is 62.3 Å². The van der Waals surface area contributed by atoms with Crippen molar-refractivity contribution >= 4 is 70.2 Å². The number of carboxylic acids is 1. The number of nitrogens with zero attached hydrogens (tertiary/aromatic N) is 5. The summed E-state index contributed by atoms with van der Waals surface area (Å²) < 4.78 is 32.9. The third-order valence-electron chi connectivity index (χ3n) is 15.0. The summed E-state index contributed by atoms with van der Waals surface area (Å²) in [5.74, 6) is -1.67. The number of carbonyl (C=O) groups excluding carboxylic acids is 5. The number of methoxy groups -OCH3 is 2. The summed E-state index contributed by atoms with van der Waals surface area (Å²) in [6.07, 6.45) is 5.32. The smallest absolute Gasteiger partial charge is 0.407 e. The molecule has 0 aliphatic carbocycles. The fourth-order valence-corrected chi connectivity index (χ4v) is 9.45. The quantitative estimate of drug-likeness (QED) is 0.0314. The first-order chi connectivity index (χ1) is 42.9. The third-order valence-corrected chi connectivity index (χ3v) is 15.0. The molecule has 484 valence electrons. The number of amides is 3. The monoisotopic (exact) mass is 1250 g/mol. The average Bonchev–Trinajstić information content (AvgIpc) is 2.01. The highest BCUT2D eigenvalue weighted by Crippen LogP contribution is 2.35. The number of alkyl carbamates (subject to hydrolysis) is 2. The van der Waals surface area contributed by atoms with Crippen LogP contribution in [0.5, 0.6) is 11.8 Å². The molecule has 2 aliphatic heterocycles. The van der Waals surface area contributed by atoms with Gasteiger partial charge in [-0.3, -0.25) is 9.59 Å². The number of aromatic nitrogens is 4. The van der Waals surface area contributed by atoms with Crippen molar-refractivity contribution in [1.82, 2.24) is 40.8 Å². The molecule has 4 heterocycles. The molecule has 0 unspecified atom stereocenters. The predicted octanol–water partition coefficient (Wildman–Crippen LogP) is 11.5. The Morgan fingerprint density at radius 3 is 1.43 bits per heavy atom. The number of likely N-dealkylation sites (tertiary alicyclic amines) is 1. The maximum absolute atomic E-state index is 14.1. The standard InChI is InChI=1S/C35H42N4O6.C22H21N3O3.C13H23NO4/c1-9-22-14-13-15-23(18-22)28-30(37-26-17-12-11-16-25(26)36-28)45-24-19-27(32(41)43-8)39(20-24)31(40)29(34(3,4)5)38-33(42)44-21-35(6,7)10-2;1-3-14-7-6-8-15(11-14)20-21(25-18-10-5-4-9-17(18)24-20)28-16-12-19(23-13-16)22(26)27-2;1-7-13(5,6)8-18-11(17)14-9(10(15)16)12(2,3)4/h9-18,24,27,29H,1-2,19-21H2,3-8H3,(H,38,42);3-11,16,19,23H,1,12-13H2,2H3;7,9H,1,8H2,2-6H3,(H,14,17)(H,15,16)/t24-,27+,29-;16-,19+;9-/m111/s1. The van der Waals surface area contributed by atoms with Crippen LogP contribution < -0.4 is 25.4 Å². The molecule has 0 bridgehead atoms. The van der Waals surface area contributed by atoms with E-state index in [1.165, 1.54) is 19.1 Å². The van der Waals surface area contributed by atoms with Crippen LogP contribution in [0.4, 0.5) is 9.59 Å². The number of para-hydroxylation sites is 4. The number of carbonyl (C=O) groups is 6. The first-order valence-electron chi connectivity index (χ1n) is 29.8. The number of nitrogens with one attached hydrogen (secondary N) is 3. The molecule has 2 fully saturated rings. The third kappa shape index (κ3) is 19.5. The summed E-state index contributed by atoms with van der Waals surface area (Å²) in [6, 6.07) is 27.5. The van der Waals surface area contributed by atoms with Crippen LogP contribution in [0.3, 0.4) is 0 Å². The Bertz CT molecular complexity index is 3630. The predicted molar refractivity (Wildman–Crippen MR) is 351 cm³/mol. The molecular weight excluding hydrogens is 1160 g/mol. The van der Waals surface area contributed by atoms with Crippen LogP contribution in [-0.2, 0) is 38.1 Å². The van der Waals surface area contributed by atoms with E-state index in [0.29, 0.717) is 41.3 Å². The molecule has 2 saturated heterocycles. The van der Waals surface area contributed by atoms with Gasteiger partial charge < -0.3 is 54.4 Å². The van der Waals surface area contributed by atoms with Crippen LogP contribution in [0.25, 0.3) is 56.7 Å². The average molecular weight is 1250 g/mol. The molecule has 6 aromatic rings. The van der Waals surface area contributed by atoms with Gasteiger partial charge in [-0.1, -0.05) is 167 Å². The van der Waals surface area contributed by atoms with E-state index < -0.39 is 70.5 Å². The number of benzene rings is 4. The van der Waals surface area contributed by atoms with Crippen molar-refractivity contribution in [2.45, 2.75) is 118 Å². The lowest BCUT2D eigenvalue weighted by atomic mass is 9.85. The largest absolute Gasteiger partial charge is 0.480 e. The normalized spacial score (nSPS) is 17.0. The number of ether oxygens (including phenoxy) is 6. The Morgan fingerprint density at radius 1 is 0.593 bits per heavy atom. The van der Waals surface area contributed by atoms with Gasteiger partial charge in [0.15, 0.2) is 0 Å². The van der Waals surface area contributed by atoms with Gasteiger partial charge in [0.05, 0.1) is 42.8 Å². The molecule has 6 atom stereocenters. The number of aliphatic carboxylic acids is 1. The first-order valence-corrected chi connectivity index (χ1v) is 29.8. The number of rotatable bonds is 20. The highest BCUT2D eigenvalue weighted by molar-refractivity contribution is 5.91. The molecule has 0 saturated carbocycles. The Labute approximate surface area is 532 Å². The van der Waals surface area contributed by atoms with Crippen molar-refractivity contribution in [3.05, 3.63) is 147 Å². The van der Waals surface area contributed by atoms with E-state index in [2.05, 4.69) is 42.3 Å². The summed E-state index contributed by atoms with van der Waals surface area (Å²) >= 11 is 0. The lowest BCUT2D eigenvalue weighted by molar-refractivity contribution is -0.152. The molecule has 3 amide bonds. The summed E-state index contributed by atoms with van der Waals surface area (Å²) in [5.41, 5.74) is 5.60. The van der Waals surface area contributed by atoms with Crippen molar-refractivity contribution in [2.75, 3.05) is 40.5 Å². The van der Waals surface area contributed by atoms with Crippen LogP contribution in [0.15, 0.2) is 136 Å². The van der Waals surface area contributed by atoms with Gasteiger partial charge in [0.2, 0.25) is 17.7 Å². The minimum Gasteiger partial charge on any atom is -0.480 e. The summed E-state index contributed by atoms with van der Waals surface area (Å²) in [6.45, 7) is 34.1. The molecule has 91 heavy (non-hydrogen) atoms. The zero-order valence-electron chi connectivity index (χ0n) is 54.2. The van der Waals surface area contributed by atoms with E-state index in [0.717, 1.165) is 33.3 Å². The van der Waals surface area contributed by atoms with Gasteiger partial charge in [0, 0.05) is 41.3 Å². The number of carboxylic acid groups (broad SMARTS) is 1. The van der Waals surface area contributed by atoms with Gasteiger partial charge in [0.1, 0.15) is 61.0 Å². The van der Waals surface area contributed by atoms with Crippen LogP contribution >= 0.6 is 0 Å². The first kappa shape index (κ1) is 70.6. The molecular formula is C70H86N8O13. The Balaban J connectivity index is 0.000000243. The van der Waals surface area contributed by atoms with Gasteiger partial charge in [-0.15, -0.1) is 13.2 Å². The Kier molecular flexibility index (Phi) is 23.9. The zero-order chi connectivity index (χ0) is 67.0. The maximum atomic E-state index is 14.1. The highest BCUT2D eigenvalue weighted by Gasteiger charge is 2.47. The Hall–Kier alpha value is -9.50. The van der Waals surface area contributed by atoms with Crippen molar-refractivity contribution in [2.24, 2.45) is 21.7 Å². The lowest BCUT2D eigenvalue weighted by Crippen LogP contribution is -2.57. The van der Waals surface area contributed by atoms with Crippen molar-refractivity contribution in [1.29, 1.82) is 0 Å². The summed E-state index contributed by atoms with van der Waals surface area (Å²) in [7, 11) is 2.66. The minimum atomic E-state index is -1.08. The van der Waals surface area contributed by atoms with Gasteiger partial charge in [-0.2, -0.15) is 0 Å². The fourth-order valence-electron chi connectivity index (χ4n) is 9.45. The van der Waals surface area contributed by atoms with Crippen molar-refractivity contribution in [3.8, 4) is 34.3 Å². The zero-order valence-corrected chi connectivity index (χ0v) is 54.2. The topological polar surface area (TPSA) is 269 Å². The molecule has 4 N–H and O–H groups in total. The molecule has 0 spiro atoms. The van der Waals surface area contributed by atoms with Gasteiger partial charge in [-0.05, 0) is 58.4 Å². The van der Waals surface area contributed by atoms with Gasteiger partial charge in [0.25, 0.3) is 0 Å². The second-order valence-corrected chi connectivity index (χ2v) is 25.6. The van der Waals surface area contributed by atoms with Crippen LogP contribution in [0, 0.1) is 21.7 Å². The number of hydrogen-bond donors (Lipinski definition) is 4. The molecule has 2 aliphatic rings. The van der Waals surface area contributed by atoms with E-state index in [1.54, 1.807) is 45.1 Å². The molecule has 4 aromatic carbocycles. The van der Waals surface area contributed by atoms with Crippen molar-refractivity contribution in [3.63, 3.8) is 0 Å². The van der Waals surface area contributed by atoms with E-state index in [4.69, 9.17) is 53.5 Å². The molecule has 8 rings (SSSR count). The number of esters is 2. The van der Waals surface area contributed by atoms with Gasteiger partial charge >= 0.3 is 30.1 Å². The highest BCUT2D eigenvalue weighted by atomic mass is 16.6. The van der Waals surface area contributed by atoms with Crippen LogP contribution in [-0.4, -0.2) is 143 Å². The second kappa shape index (κ2) is 30.8. The number of fused-ring (bicyclic) bond motifs is 2. The molecule has 21 nitrogen and oxygen atoms in total. The lowest BCUT2D eigenvalue weighted by Gasteiger charge is -2.35.